The van der Waals surface area contributed by atoms with Crippen LogP contribution in [0.3, 0.4) is 0 Å². The first-order valence-corrected chi connectivity index (χ1v) is 12.2. The van der Waals surface area contributed by atoms with Crippen molar-refractivity contribution in [2.24, 2.45) is 5.14 Å². The maximum atomic E-state index is 11.2. The van der Waals surface area contributed by atoms with Gasteiger partial charge in [-0.15, -0.1) is 0 Å². The molecule has 0 radical (unpaired) electrons. The topological polar surface area (TPSA) is 60.2 Å². The second-order valence-electron chi connectivity index (χ2n) is 3.27. The molecular formula is C8H8AcBrNO2S. The monoisotopic (exact) mass is 488 g/mol. The summed E-state index contributed by atoms with van der Waals surface area (Å²) in [6, 6.07) is 3.70. The third-order valence-corrected chi connectivity index (χ3v) is 10.5. The van der Waals surface area contributed by atoms with Crippen molar-refractivity contribution < 1.29 is 48.1 Å². The number of hydrogen-bond donors (Lipinski definition) is 1. The molecule has 1 aliphatic heterocycles. The molecule has 6 heteroatoms. The van der Waals surface area contributed by atoms with Crippen molar-refractivity contribution in [2.75, 3.05) is 0 Å². The third-order valence-electron chi connectivity index (χ3n) is 2.28. The van der Waals surface area contributed by atoms with Crippen molar-refractivity contribution in [3.05, 3.63) is 22.2 Å². The van der Waals surface area contributed by atoms with Gasteiger partial charge in [-0.3, -0.25) is 0 Å². The molecule has 1 aromatic rings. The van der Waals surface area contributed by atoms with Crippen LogP contribution in [0.4, 0.5) is 0 Å². The number of rotatable bonds is 1. The molecule has 3 nitrogen and oxygen atoms in total. The quantitative estimate of drug-likeness (QED) is 0.635. The molecule has 0 atom stereocenters. The first kappa shape index (κ1) is 11.5. The van der Waals surface area contributed by atoms with Crippen LogP contribution < -0.4 is 5.88 Å². The van der Waals surface area contributed by atoms with Crippen LogP contribution in [0.5, 0.6) is 0 Å². The Morgan fingerprint density at radius 2 is 2.14 bits per heavy atom. The van der Waals surface area contributed by atoms with Gasteiger partial charge in [-0.1, -0.05) is 0 Å². The third kappa shape index (κ3) is 2.25. The predicted molar refractivity (Wildman–Crippen MR) is 53.7 cm³/mol. The molecule has 1 heterocycles. The first-order chi connectivity index (χ1) is 6.48. The summed E-state index contributed by atoms with van der Waals surface area (Å²) in [4.78, 5) is 0.248. The molecule has 0 amide bonds. The van der Waals surface area contributed by atoms with Gasteiger partial charge in [-0.2, -0.15) is 0 Å². The Labute approximate surface area is 113 Å². The fraction of sp³-hybridized carbons (Fsp3) is 0.250. The van der Waals surface area contributed by atoms with E-state index in [0.717, 1.165) is 6.42 Å². The van der Waals surface area contributed by atoms with E-state index in [1.807, 2.05) is 6.07 Å². The van der Waals surface area contributed by atoms with Crippen LogP contribution in [0.2, 0.25) is 1.60 Å². The van der Waals surface area contributed by atoms with Gasteiger partial charge in [-0.05, 0) is 0 Å². The van der Waals surface area contributed by atoms with E-state index in [1.165, 1.54) is 7.91 Å². The number of nitrogens with two attached hydrogens (primary N) is 1. The van der Waals surface area contributed by atoms with Gasteiger partial charge >= 0.3 is 115 Å². The number of hydrogen-bond acceptors (Lipinski definition) is 2. The number of fused-ring (bicyclic) bond motifs is 1. The van der Waals surface area contributed by atoms with E-state index in [9.17, 15) is 8.42 Å². The Bertz CT molecular complexity index is 486. The summed E-state index contributed by atoms with van der Waals surface area (Å²) in [6.07, 6.45) is 1.12. The fourth-order valence-corrected chi connectivity index (χ4v) is 10.1. The summed E-state index contributed by atoms with van der Waals surface area (Å²) in [5.41, 5.74) is 1.32. The Hall–Kier alpha value is 1.05. The number of halogens is 1. The SMILES string of the molecule is NS(=O)(=O)c1c[c]2c(cc1Br)C[CH2][Ac]2. The molecule has 0 aliphatic carbocycles. The van der Waals surface area contributed by atoms with Crippen molar-refractivity contribution in [1.29, 1.82) is 0 Å². The Morgan fingerprint density at radius 3 is 2.79 bits per heavy atom. The van der Waals surface area contributed by atoms with Crippen LogP contribution in [0.25, 0.3) is 0 Å². The van der Waals surface area contributed by atoms with Crippen molar-refractivity contribution in [1.82, 2.24) is 0 Å². The maximum absolute atomic E-state index is 11.2. The molecule has 2 N–H and O–H groups in total. The normalized spacial score (nSPS) is 14.4. The van der Waals surface area contributed by atoms with Gasteiger partial charge in [0.1, 0.15) is 0 Å². The molecule has 0 fully saturated rings. The van der Waals surface area contributed by atoms with E-state index in [0.29, 0.717) is 4.47 Å². The van der Waals surface area contributed by atoms with Gasteiger partial charge in [0.25, 0.3) is 0 Å². The zero-order valence-electron chi connectivity index (χ0n) is 7.33. The van der Waals surface area contributed by atoms with Crippen LogP contribution in [-0.2, 0) is 16.4 Å². The van der Waals surface area contributed by atoms with Crippen LogP contribution in [0, 0.1) is 39.7 Å². The summed E-state index contributed by atoms with van der Waals surface area (Å²) in [5.74, 6) is 0. The predicted octanol–water partition coefficient (Wildman–Crippen LogP) is 0.781. The van der Waals surface area contributed by atoms with E-state index in [1.54, 1.807) is 6.07 Å². The fourth-order valence-electron chi connectivity index (χ4n) is 1.62. The molecule has 2 rings (SSSR count). The van der Waals surface area contributed by atoms with E-state index in [4.69, 9.17) is 5.14 Å². The molecule has 0 unspecified atom stereocenters. The summed E-state index contributed by atoms with van der Waals surface area (Å²) in [6.45, 7) is 0. The summed E-state index contributed by atoms with van der Waals surface area (Å²) >= 11 is 2.31. The molecule has 14 heavy (non-hydrogen) atoms. The molecule has 0 aromatic heterocycles. The van der Waals surface area contributed by atoms with Crippen molar-refractivity contribution in [2.45, 2.75) is 12.9 Å². The standard InChI is InChI=1S/C8H8BrNO2S.Ac/c1-2-6-3-4-8(7(9)5-6)13(10,11)12;/h4-5H,1-2H2,(H2,10,11,12);. The average molecular weight is 489 g/mol. The molecule has 0 bridgehead atoms. The molecule has 1 aliphatic rings. The zero-order valence-corrected chi connectivity index (χ0v) is 14.5. The minimum absolute atomic E-state index is 0.248. The average Bonchev–Trinajstić information content (AvgIpc) is 2.47. The molecule has 0 spiro atoms. The molecule has 0 saturated heterocycles. The van der Waals surface area contributed by atoms with Crippen LogP contribution in [0.15, 0.2) is 21.5 Å². The van der Waals surface area contributed by atoms with Gasteiger partial charge in [0.05, 0.1) is 0 Å². The number of sulfonamides is 1. The number of aryl methyl sites for hydroxylation is 1. The second-order valence-corrected chi connectivity index (χ2v) is 12.3. The molecule has 0 saturated carbocycles. The van der Waals surface area contributed by atoms with Gasteiger partial charge < -0.3 is 0 Å². The van der Waals surface area contributed by atoms with E-state index >= 15 is 0 Å². The van der Waals surface area contributed by atoms with Gasteiger partial charge in [0.15, 0.2) is 0 Å². The first-order valence-electron chi connectivity index (χ1n) is 4.17. The van der Waals surface area contributed by atoms with E-state index < -0.39 is 49.7 Å². The summed E-state index contributed by atoms with van der Waals surface area (Å²) in [5, 5.41) is 5.12. The van der Waals surface area contributed by atoms with Gasteiger partial charge in [-0.25, -0.2) is 0 Å². The van der Waals surface area contributed by atoms with Crippen LogP contribution in [-0.4, -0.2) is 8.42 Å². The van der Waals surface area contributed by atoms with Gasteiger partial charge in [0, 0.05) is 0 Å². The molecule has 73 valence electrons. The Balaban J connectivity index is 2.65. The van der Waals surface area contributed by atoms with Gasteiger partial charge in [0.2, 0.25) is 0 Å². The number of benzene rings is 1. The van der Waals surface area contributed by atoms with Crippen LogP contribution in [0.1, 0.15) is 5.56 Å². The summed E-state index contributed by atoms with van der Waals surface area (Å²) in [7, 11) is -3.57. The van der Waals surface area contributed by atoms with Crippen LogP contribution >= 0.6 is 15.9 Å². The van der Waals surface area contributed by atoms with E-state index in [2.05, 4.69) is 15.9 Å². The number of primary sulfonamides is 1. The van der Waals surface area contributed by atoms with E-state index in [-0.39, 0.29) is 4.90 Å². The molecule has 1 aromatic carbocycles. The molecular weight excluding hydrogens is 481 g/mol. The zero-order chi connectivity index (χ0) is 10.3. The van der Waals surface area contributed by atoms with Crippen molar-refractivity contribution in [3.8, 4) is 0 Å². The van der Waals surface area contributed by atoms with Crippen molar-refractivity contribution >= 4 is 26.7 Å². The Morgan fingerprint density at radius 1 is 1.43 bits per heavy atom. The Kier molecular flexibility index (Phi) is 3.41. The van der Waals surface area contributed by atoms with Crippen molar-refractivity contribution in [3.63, 3.8) is 0 Å². The minimum atomic E-state index is -3.57. The second kappa shape index (κ2) is 4.14. The summed E-state index contributed by atoms with van der Waals surface area (Å²) < 4.78 is 25.7.